The molecule has 3 fully saturated rings. The zero-order valence-corrected chi connectivity index (χ0v) is 17.0. The Balaban J connectivity index is 1.24. The van der Waals surface area contributed by atoms with E-state index in [9.17, 15) is 4.79 Å². The lowest BCUT2D eigenvalue weighted by atomic mass is 9.75. The van der Waals surface area contributed by atoms with Crippen molar-refractivity contribution in [2.45, 2.75) is 75.2 Å². The summed E-state index contributed by atoms with van der Waals surface area (Å²) in [6.45, 7) is 3.42. The summed E-state index contributed by atoms with van der Waals surface area (Å²) in [7, 11) is 0. The molecule has 1 aromatic heterocycles. The molecule has 6 rings (SSSR count). The van der Waals surface area contributed by atoms with Gasteiger partial charge in [0.05, 0.1) is 6.04 Å². The molecular weight excluding hydrogens is 362 g/mol. The lowest BCUT2D eigenvalue weighted by Gasteiger charge is -2.38. The third kappa shape index (κ3) is 2.63. The molecule has 1 saturated carbocycles. The number of piperidine rings is 1. The number of rotatable bonds is 4. The Bertz CT molecular complexity index is 995. The minimum absolute atomic E-state index is 0.126. The number of aromatic nitrogens is 1. The van der Waals surface area contributed by atoms with Crippen LogP contribution in [0.1, 0.15) is 44.6 Å². The van der Waals surface area contributed by atoms with Crippen LogP contribution >= 0.6 is 0 Å². The molecule has 3 aliphatic heterocycles. The molecule has 0 radical (unpaired) electrons. The first-order valence-electron chi connectivity index (χ1n) is 11.1. The van der Waals surface area contributed by atoms with Crippen molar-refractivity contribution >= 4 is 16.9 Å². The van der Waals surface area contributed by atoms with Gasteiger partial charge in [-0.2, -0.15) is 0 Å². The molecule has 2 N–H and O–H groups in total. The highest BCUT2D eigenvalue weighted by Crippen LogP contribution is 2.53. The molecule has 1 aliphatic carbocycles. The quantitative estimate of drug-likeness (QED) is 0.785. The molecule has 2 bridgehead atoms. The second-order valence-corrected chi connectivity index (χ2v) is 9.44. The molecule has 2 aromatic rings. The van der Waals surface area contributed by atoms with Crippen molar-refractivity contribution in [2.24, 2.45) is 0 Å². The van der Waals surface area contributed by atoms with Crippen LogP contribution in [0.15, 0.2) is 42.1 Å². The zero-order valence-electron chi connectivity index (χ0n) is 17.0. The highest BCUT2D eigenvalue weighted by molar-refractivity contribution is 5.87. The van der Waals surface area contributed by atoms with Crippen LogP contribution in [0.3, 0.4) is 0 Å². The molecule has 5 atom stereocenters. The van der Waals surface area contributed by atoms with Gasteiger partial charge in [-0.15, -0.1) is 0 Å². The molecule has 5 heteroatoms. The molecule has 5 nitrogen and oxygen atoms in total. The number of aromatic amines is 1. The monoisotopic (exact) mass is 391 g/mol. The number of ether oxygens (including phenoxy) is 1. The summed E-state index contributed by atoms with van der Waals surface area (Å²) in [6.07, 6.45) is 10.5. The van der Waals surface area contributed by atoms with Gasteiger partial charge in [-0.25, -0.2) is 4.79 Å². The average molecular weight is 392 g/mol. The maximum Gasteiger partial charge on any atom is 0.331 e. The number of hydrogen-bond acceptors (Lipinski definition) is 4. The predicted molar refractivity (Wildman–Crippen MR) is 113 cm³/mol. The largest absolute Gasteiger partial charge is 0.450 e. The third-order valence-corrected chi connectivity index (χ3v) is 7.74. The van der Waals surface area contributed by atoms with Crippen LogP contribution in [0, 0.1) is 0 Å². The zero-order chi connectivity index (χ0) is 19.6. The number of para-hydroxylation sites is 1. The van der Waals surface area contributed by atoms with Gasteiger partial charge in [0.2, 0.25) is 0 Å². The summed E-state index contributed by atoms with van der Waals surface area (Å²) >= 11 is 0. The average Bonchev–Trinajstić information content (AvgIpc) is 3.36. The smallest absolute Gasteiger partial charge is 0.331 e. The van der Waals surface area contributed by atoms with E-state index in [1.54, 1.807) is 6.08 Å². The summed E-state index contributed by atoms with van der Waals surface area (Å²) < 4.78 is 5.99. The second-order valence-electron chi connectivity index (χ2n) is 9.44. The molecular formula is C24H29N3O2. The Morgan fingerprint density at radius 3 is 3.17 bits per heavy atom. The van der Waals surface area contributed by atoms with Crippen LogP contribution in [0.4, 0.5) is 0 Å². The number of esters is 1. The molecule has 1 aromatic carbocycles. The minimum Gasteiger partial charge on any atom is -0.450 e. The van der Waals surface area contributed by atoms with Gasteiger partial charge >= 0.3 is 5.97 Å². The topological polar surface area (TPSA) is 57.4 Å². The van der Waals surface area contributed by atoms with Crippen LogP contribution in [0.25, 0.3) is 10.9 Å². The van der Waals surface area contributed by atoms with Crippen molar-refractivity contribution in [1.82, 2.24) is 15.2 Å². The van der Waals surface area contributed by atoms with Gasteiger partial charge in [-0.1, -0.05) is 24.6 Å². The highest BCUT2D eigenvalue weighted by atomic mass is 16.6. The van der Waals surface area contributed by atoms with Gasteiger partial charge in [0.1, 0.15) is 0 Å². The molecule has 152 valence electrons. The van der Waals surface area contributed by atoms with E-state index in [0.29, 0.717) is 24.2 Å². The first-order valence-corrected chi connectivity index (χ1v) is 11.1. The SMILES string of the molecule is CC(Cc1c[nH]c2ccccc12)NC1CC2=CC(=O)OC23CC1N1CCCCC13. The van der Waals surface area contributed by atoms with Crippen molar-refractivity contribution in [3.05, 3.63) is 47.7 Å². The summed E-state index contributed by atoms with van der Waals surface area (Å²) in [6, 6.07) is 10.1. The Hall–Kier alpha value is -2.11. The predicted octanol–water partition coefficient (Wildman–Crippen LogP) is 3.31. The van der Waals surface area contributed by atoms with Gasteiger partial charge in [0, 0.05) is 47.7 Å². The summed E-state index contributed by atoms with van der Waals surface area (Å²) in [4.78, 5) is 18.3. The van der Waals surface area contributed by atoms with Crippen LogP contribution in [-0.4, -0.2) is 52.2 Å². The number of H-pyrrole nitrogens is 1. The number of fused-ring (bicyclic) bond motifs is 4. The second kappa shape index (κ2) is 6.44. The van der Waals surface area contributed by atoms with E-state index in [-0.39, 0.29) is 11.6 Å². The lowest BCUT2D eigenvalue weighted by Crippen LogP contribution is -2.52. The third-order valence-electron chi connectivity index (χ3n) is 7.74. The minimum atomic E-state index is -0.319. The highest BCUT2D eigenvalue weighted by Gasteiger charge is 2.63. The van der Waals surface area contributed by atoms with Gasteiger partial charge in [-0.05, 0) is 56.4 Å². The van der Waals surface area contributed by atoms with E-state index in [0.717, 1.165) is 32.2 Å². The Labute approximate surface area is 171 Å². The maximum absolute atomic E-state index is 12.2. The Kier molecular flexibility index (Phi) is 3.94. The van der Waals surface area contributed by atoms with Crippen molar-refractivity contribution in [3.8, 4) is 0 Å². The fourth-order valence-electron chi connectivity index (χ4n) is 6.61. The Morgan fingerprint density at radius 2 is 2.24 bits per heavy atom. The van der Waals surface area contributed by atoms with Gasteiger partial charge < -0.3 is 15.0 Å². The van der Waals surface area contributed by atoms with Gasteiger partial charge in [0.25, 0.3) is 0 Å². The molecule has 29 heavy (non-hydrogen) atoms. The van der Waals surface area contributed by atoms with Crippen molar-refractivity contribution in [1.29, 1.82) is 0 Å². The van der Waals surface area contributed by atoms with Crippen molar-refractivity contribution < 1.29 is 9.53 Å². The molecule has 4 aliphatic rings. The lowest BCUT2D eigenvalue weighted by molar-refractivity contribution is -0.148. The number of nitrogens with zero attached hydrogens (tertiary/aromatic N) is 1. The van der Waals surface area contributed by atoms with Gasteiger partial charge in [0.15, 0.2) is 5.60 Å². The first kappa shape index (κ1) is 17.7. The van der Waals surface area contributed by atoms with Gasteiger partial charge in [-0.3, -0.25) is 4.90 Å². The Morgan fingerprint density at radius 1 is 1.34 bits per heavy atom. The summed E-state index contributed by atoms with van der Waals surface area (Å²) in [5, 5.41) is 5.26. The van der Waals surface area contributed by atoms with Crippen molar-refractivity contribution in [2.75, 3.05) is 6.54 Å². The number of nitrogens with one attached hydrogen (secondary N) is 2. The number of benzene rings is 1. The number of carbonyl (C=O) groups excluding carboxylic acids is 1. The van der Waals surface area contributed by atoms with Crippen LogP contribution in [0.5, 0.6) is 0 Å². The number of hydrogen-bond donors (Lipinski definition) is 2. The summed E-state index contributed by atoms with van der Waals surface area (Å²) in [5.41, 5.74) is 3.49. The fraction of sp³-hybridized carbons (Fsp3) is 0.542. The van der Waals surface area contributed by atoms with Crippen LogP contribution in [-0.2, 0) is 16.0 Å². The van der Waals surface area contributed by atoms with Crippen molar-refractivity contribution in [3.63, 3.8) is 0 Å². The van der Waals surface area contributed by atoms with E-state index < -0.39 is 0 Å². The van der Waals surface area contributed by atoms with Crippen LogP contribution in [0.2, 0.25) is 0 Å². The molecule has 4 heterocycles. The fourth-order valence-corrected chi connectivity index (χ4v) is 6.61. The van der Waals surface area contributed by atoms with E-state index in [2.05, 4.69) is 52.6 Å². The van der Waals surface area contributed by atoms with E-state index in [4.69, 9.17) is 4.74 Å². The first-order chi connectivity index (χ1) is 14.1. The van der Waals surface area contributed by atoms with E-state index in [1.807, 2.05) is 0 Å². The van der Waals surface area contributed by atoms with Crippen LogP contribution < -0.4 is 5.32 Å². The van der Waals surface area contributed by atoms with E-state index >= 15 is 0 Å². The molecule has 2 saturated heterocycles. The molecule has 1 spiro atoms. The normalized spacial score (nSPS) is 34.6. The maximum atomic E-state index is 12.2. The number of carbonyl (C=O) groups is 1. The van der Waals surface area contributed by atoms with E-state index in [1.165, 1.54) is 34.9 Å². The summed E-state index contributed by atoms with van der Waals surface area (Å²) in [5.74, 6) is -0.126. The molecule has 5 unspecified atom stereocenters. The standard InChI is InChI=1S/C24H29N3O2/c1-15(10-16-14-25-19-7-3-2-6-18(16)19)26-20-11-17-12-23(28)29-24(17)13-21(20)27-9-5-4-8-22(24)27/h2-3,6-7,12,14-15,20-22,25-26H,4-5,8-11,13H2,1H3. The molecule has 0 amide bonds.